The molecule has 24 heavy (non-hydrogen) atoms. The highest BCUT2D eigenvalue weighted by Crippen LogP contribution is 2.24. The van der Waals surface area contributed by atoms with E-state index in [1.54, 1.807) is 18.2 Å². The molecular weight excluding hydrogens is 313 g/mol. The van der Waals surface area contributed by atoms with Crippen LogP contribution in [-0.2, 0) is 17.6 Å². The van der Waals surface area contributed by atoms with Gasteiger partial charge in [-0.15, -0.1) is 5.10 Å². The van der Waals surface area contributed by atoms with E-state index in [-0.39, 0.29) is 23.6 Å². The SMILES string of the molecule is O=C(Nc1n[nH]c(-c2ccccc2F)n1)[C@H]1CCc2n[nH]nc2C1. The summed E-state index contributed by atoms with van der Waals surface area (Å²) >= 11 is 0. The Morgan fingerprint density at radius 2 is 2.04 bits per heavy atom. The Morgan fingerprint density at radius 3 is 2.92 bits per heavy atom. The van der Waals surface area contributed by atoms with E-state index in [1.165, 1.54) is 6.07 Å². The summed E-state index contributed by atoms with van der Waals surface area (Å²) in [5, 5.41) is 19.9. The second-order valence-corrected chi connectivity index (χ2v) is 5.63. The number of nitrogens with one attached hydrogen (secondary N) is 3. The van der Waals surface area contributed by atoms with Crippen molar-refractivity contribution >= 4 is 11.9 Å². The minimum atomic E-state index is -0.405. The maximum Gasteiger partial charge on any atom is 0.249 e. The average molecular weight is 327 g/mol. The van der Waals surface area contributed by atoms with Crippen molar-refractivity contribution in [3.05, 3.63) is 41.5 Å². The predicted octanol–water partition coefficient (Wildman–Crippen LogP) is 1.47. The summed E-state index contributed by atoms with van der Waals surface area (Å²) in [4.78, 5) is 16.5. The van der Waals surface area contributed by atoms with Crippen molar-refractivity contribution < 1.29 is 9.18 Å². The highest BCUT2D eigenvalue weighted by atomic mass is 19.1. The minimum Gasteiger partial charge on any atom is -0.293 e. The van der Waals surface area contributed by atoms with Gasteiger partial charge in [-0.3, -0.25) is 15.2 Å². The van der Waals surface area contributed by atoms with Crippen molar-refractivity contribution in [3.63, 3.8) is 0 Å². The first-order chi connectivity index (χ1) is 11.7. The number of H-pyrrole nitrogens is 2. The van der Waals surface area contributed by atoms with E-state index in [0.717, 1.165) is 11.4 Å². The lowest BCUT2D eigenvalue weighted by atomic mass is 9.89. The van der Waals surface area contributed by atoms with Crippen LogP contribution in [0.1, 0.15) is 17.8 Å². The third-order valence-corrected chi connectivity index (χ3v) is 4.09. The number of amides is 1. The van der Waals surface area contributed by atoms with Gasteiger partial charge in [0.15, 0.2) is 5.82 Å². The molecule has 1 atom stereocenters. The molecule has 0 saturated heterocycles. The number of benzene rings is 1. The standard InChI is InChI=1S/C15H14FN7O/c16-10-4-2-1-3-9(10)13-17-15(22-21-13)18-14(24)8-5-6-11-12(7-8)20-23-19-11/h1-4,8H,5-7H2,(H,19,20,23)(H2,17,18,21,22,24)/t8-/m0/s1. The van der Waals surface area contributed by atoms with Gasteiger partial charge < -0.3 is 0 Å². The van der Waals surface area contributed by atoms with E-state index in [2.05, 4.69) is 35.9 Å². The maximum absolute atomic E-state index is 13.8. The highest BCUT2D eigenvalue weighted by Gasteiger charge is 2.28. The fourth-order valence-corrected chi connectivity index (χ4v) is 2.81. The van der Waals surface area contributed by atoms with Crippen LogP contribution in [0.5, 0.6) is 0 Å². The van der Waals surface area contributed by atoms with Crippen LogP contribution in [0.15, 0.2) is 24.3 Å². The van der Waals surface area contributed by atoms with Crippen molar-refractivity contribution in [3.8, 4) is 11.4 Å². The van der Waals surface area contributed by atoms with Gasteiger partial charge in [0.2, 0.25) is 11.9 Å². The molecule has 3 N–H and O–H groups in total. The van der Waals surface area contributed by atoms with Crippen molar-refractivity contribution in [1.82, 2.24) is 30.6 Å². The molecule has 1 amide bonds. The number of hydrogen-bond acceptors (Lipinski definition) is 5. The summed E-state index contributed by atoms with van der Waals surface area (Å²) < 4.78 is 13.8. The lowest BCUT2D eigenvalue weighted by Crippen LogP contribution is -2.28. The van der Waals surface area contributed by atoms with Crippen molar-refractivity contribution in [2.45, 2.75) is 19.3 Å². The summed E-state index contributed by atoms with van der Waals surface area (Å²) in [6, 6.07) is 6.23. The van der Waals surface area contributed by atoms with Crippen LogP contribution in [0, 0.1) is 11.7 Å². The van der Waals surface area contributed by atoms with Crippen LogP contribution in [0.2, 0.25) is 0 Å². The number of halogens is 1. The minimum absolute atomic E-state index is 0.129. The molecule has 1 aliphatic rings. The third kappa shape index (κ3) is 2.64. The van der Waals surface area contributed by atoms with Gasteiger partial charge >= 0.3 is 0 Å². The summed E-state index contributed by atoms with van der Waals surface area (Å²) in [5.74, 6) is -0.395. The van der Waals surface area contributed by atoms with Gasteiger partial charge in [0.05, 0.1) is 17.0 Å². The molecule has 2 heterocycles. The van der Waals surface area contributed by atoms with Crippen LogP contribution in [0.25, 0.3) is 11.4 Å². The molecule has 4 rings (SSSR count). The van der Waals surface area contributed by atoms with E-state index >= 15 is 0 Å². The third-order valence-electron chi connectivity index (χ3n) is 4.09. The fourth-order valence-electron chi connectivity index (χ4n) is 2.81. The number of aryl methyl sites for hydroxylation is 1. The summed E-state index contributed by atoms with van der Waals surface area (Å²) in [6.45, 7) is 0. The molecule has 0 saturated carbocycles. The normalized spacial score (nSPS) is 16.6. The predicted molar refractivity (Wildman–Crippen MR) is 82.3 cm³/mol. The maximum atomic E-state index is 13.8. The number of fused-ring (bicyclic) bond motifs is 1. The second kappa shape index (κ2) is 5.84. The van der Waals surface area contributed by atoms with Crippen LogP contribution in [-0.4, -0.2) is 36.5 Å². The smallest absolute Gasteiger partial charge is 0.249 e. The Morgan fingerprint density at radius 1 is 1.21 bits per heavy atom. The number of aromatic nitrogens is 6. The molecule has 1 aliphatic carbocycles. The lowest BCUT2D eigenvalue weighted by molar-refractivity contribution is -0.120. The van der Waals surface area contributed by atoms with Gasteiger partial charge in [-0.05, 0) is 25.0 Å². The first-order valence-electron chi connectivity index (χ1n) is 7.57. The topological polar surface area (TPSA) is 112 Å². The zero-order valence-corrected chi connectivity index (χ0v) is 12.6. The Balaban J connectivity index is 1.47. The van der Waals surface area contributed by atoms with Gasteiger partial charge in [0.1, 0.15) is 5.82 Å². The zero-order valence-electron chi connectivity index (χ0n) is 12.6. The molecule has 0 radical (unpaired) electrons. The molecule has 0 fully saturated rings. The molecule has 0 aliphatic heterocycles. The fraction of sp³-hybridized carbons (Fsp3) is 0.267. The van der Waals surface area contributed by atoms with E-state index < -0.39 is 5.82 Å². The zero-order chi connectivity index (χ0) is 16.5. The number of nitrogens with zero attached hydrogens (tertiary/aromatic N) is 4. The molecule has 9 heteroatoms. The van der Waals surface area contributed by atoms with Gasteiger partial charge in [-0.25, -0.2) is 4.39 Å². The number of carbonyl (C=O) groups is 1. The number of carbonyl (C=O) groups excluding carboxylic acids is 1. The molecule has 2 aromatic heterocycles. The lowest BCUT2D eigenvalue weighted by Gasteiger charge is -2.18. The summed E-state index contributed by atoms with van der Waals surface area (Å²) in [5.41, 5.74) is 2.04. The van der Waals surface area contributed by atoms with Crippen LogP contribution in [0.3, 0.4) is 0 Å². The summed E-state index contributed by atoms with van der Waals surface area (Å²) in [6.07, 6.45) is 1.93. The van der Waals surface area contributed by atoms with Crippen molar-refractivity contribution in [2.75, 3.05) is 5.32 Å². The number of aromatic amines is 2. The first kappa shape index (κ1) is 14.5. The van der Waals surface area contributed by atoms with Gasteiger partial charge in [-0.1, -0.05) is 12.1 Å². The van der Waals surface area contributed by atoms with Gasteiger partial charge in [-0.2, -0.15) is 20.4 Å². The number of anilines is 1. The molecule has 122 valence electrons. The van der Waals surface area contributed by atoms with E-state index in [0.29, 0.717) is 24.8 Å². The quantitative estimate of drug-likeness (QED) is 0.674. The van der Waals surface area contributed by atoms with Crippen LogP contribution in [0.4, 0.5) is 10.3 Å². The van der Waals surface area contributed by atoms with E-state index in [1.807, 2.05) is 0 Å². The molecule has 0 spiro atoms. The average Bonchev–Trinajstić information content (AvgIpc) is 3.23. The number of hydrogen-bond donors (Lipinski definition) is 3. The van der Waals surface area contributed by atoms with Gasteiger partial charge in [0, 0.05) is 12.3 Å². The van der Waals surface area contributed by atoms with Crippen molar-refractivity contribution in [2.24, 2.45) is 5.92 Å². The van der Waals surface area contributed by atoms with E-state index in [9.17, 15) is 9.18 Å². The largest absolute Gasteiger partial charge is 0.293 e. The van der Waals surface area contributed by atoms with Crippen molar-refractivity contribution in [1.29, 1.82) is 0 Å². The molecule has 1 aromatic carbocycles. The molecular formula is C15H14FN7O. The Kier molecular flexibility index (Phi) is 3.52. The molecule has 8 nitrogen and oxygen atoms in total. The molecule has 0 unspecified atom stereocenters. The highest BCUT2D eigenvalue weighted by molar-refractivity contribution is 5.91. The monoisotopic (exact) mass is 327 g/mol. The van der Waals surface area contributed by atoms with Crippen LogP contribution < -0.4 is 5.32 Å². The number of rotatable bonds is 3. The summed E-state index contributed by atoms with van der Waals surface area (Å²) in [7, 11) is 0. The Hall–Kier alpha value is -3.10. The molecule has 0 bridgehead atoms. The Labute approximate surface area is 135 Å². The van der Waals surface area contributed by atoms with Gasteiger partial charge in [0.25, 0.3) is 0 Å². The molecule has 3 aromatic rings. The Bertz CT molecular complexity index is 887. The first-order valence-corrected chi connectivity index (χ1v) is 7.57. The van der Waals surface area contributed by atoms with Crippen LogP contribution >= 0.6 is 0 Å². The van der Waals surface area contributed by atoms with E-state index in [4.69, 9.17) is 0 Å². The second-order valence-electron chi connectivity index (χ2n) is 5.63.